The molecule has 3 aromatic heterocycles. The van der Waals surface area contributed by atoms with Crippen molar-refractivity contribution in [1.29, 1.82) is 0 Å². The zero-order valence-electron chi connectivity index (χ0n) is 17.0. The molecule has 8 nitrogen and oxygen atoms in total. The molecule has 29 heavy (non-hydrogen) atoms. The van der Waals surface area contributed by atoms with Crippen LogP contribution in [0.4, 0.5) is 5.82 Å². The molecule has 0 unspecified atom stereocenters. The number of nitrogens with one attached hydrogen (secondary N) is 1. The van der Waals surface area contributed by atoms with Gasteiger partial charge >= 0.3 is 0 Å². The van der Waals surface area contributed by atoms with E-state index in [1.54, 1.807) is 29.7 Å². The maximum atomic E-state index is 12.6. The van der Waals surface area contributed by atoms with E-state index in [9.17, 15) is 9.59 Å². The fraction of sp³-hybridized carbons (Fsp3) is 0.429. The Bertz CT molecular complexity index is 948. The molecule has 3 aromatic rings. The normalized spacial score (nSPS) is 11.0. The number of hydrogen-bond acceptors (Lipinski definition) is 4. The molecular weight excluding hydrogens is 368 g/mol. The monoisotopic (exact) mass is 396 g/mol. The van der Waals surface area contributed by atoms with Crippen molar-refractivity contribution in [2.45, 2.75) is 46.1 Å². The minimum absolute atomic E-state index is 0.138. The van der Waals surface area contributed by atoms with Gasteiger partial charge in [-0.1, -0.05) is 20.3 Å². The highest BCUT2D eigenvalue weighted by Crippen LogP contribution is 2.23. The molecule has 0 aliphatic rings. The molecule has 0 saturated heterocycles. The average molecular weight is 396 g/mol. The molecule has 2 amide bonds. The third-order valence-corrected chi connectivity index (χ3v) is 4.85. The van der Waals surface area contributed by atoms with Crippen LogP contribution in [-0.4, -0.2) is 44.3 Å². The molecule has 0 fully saturated rings. The van der Waals surface area contributed by atoms with Crippen molar-refractivity contribution < 1.29 is 9.59 Å². The molecule has 0 aromatic carbocycles. The van der Waals surface area contributed by atoms with E-state index in [-0.39, 0.29) is 5.91 Å². The van der Waals surface area contributed by atoms with Crippen LogP contribution in [0, 0.1) is 0 Å². The zero-order chi connectivity index (χ0) is 20.6. The Labute approximate surface area is 170 Å². The summed E-state index contributed by atoms with van der Waals surface area (Å²) in [5, 5.41) is 2.95. The smallest absolute Gasteiger partial charge is 0.252 e. The fourth-order valence-corrected chi connectivity index (χ4v) is 3.28. The minimum atomic E-state index is -0.138. The second kappa shape index (κ2) is 9.86. The number of carbonyl (C=O) groups is 2. The summed E-state index contributed by atoms with van der Waals surface area (Å²) in [5.74, 6) is 0.613. The molecular formula is C21H28N6O2. The summed E-state index contributed by atoms with van der Waals surface area (Å²) >= 11 is 0. The van der Waals surface area contributed by atoms with Crippen LogP contribution < -0.4 is 10.2 Å². The predicted octanol–water partition coefficient (Wildman–Crippen LogP) is 2.68. The van der Waals surface area contributed by atoms with Crippen molar-refractivity contribution in [3.05, 3.63) is 48.3 Å². The number of pyridine rings is 1. The Morgan fingerprint density at radius 2 is 2.14 bits per heavy atom. The van der Waals surface area contributed by atoms with Gasteiger partial charge in [-0.25, -0.2) is 9.97 Å². The van der Waals surface area contributed by atoms with Crippen LogP contribution in [0.1, 0.15) is 49.2 Å². The first-order valence-electron chi connectivity index (χ1n) is 10.1. The average Bonchev–Trinajstić information content (AvgIpc) is 3.39. The van der Waals surface area contributed by atoms with Gasteiger partial charge in [0.05, 0.1) is 17.6 Å². The van der Waals surface area contributed by atoms with Gasteiger partial charge in [0, 0.05) is 38.2 Å². The number of rotatable bonds is 11. The second-order valence-corrected chi connectivity index (χ2v) is 6.94. The third-order valence-electron chi connectivity index (χ3n) is 4.85. The van der Waals surface area contributed by atoms with E-state index in [0.717, 1.165) is 49.4 Å². The molecule has 1 N–H and O–H groups in total. The maximum Gasteiger partial charge on any atom is 0.252 e. The van der Waals surface area contributed by atoms with Crippen molar-refractivity contribution >= 4 is 23.8 Å². The molecule has 0 atom stereocenters. The van der Waals surface area contributed by atoms with E-state index < -0.39 is 0 Å². The van der Waals surface area contributed by atoms with E-state index >= 15 is 0 Å². The van der Waals surface area contributed by atoms with Crippen LogP contribution in [0.15, 0.2) is 37.1 Å². The molecule has 0 radical (unpaired) electrons. The van der Waals surface area contributed by atoms with Crippen molar-refractivity contribution in [2.24, 2.45) is 0 Å². The van der Waals surface area contributed by atoms with E-state index in [4.69, 9.17) is 0 Å². The van der Waals surface area contributed by atoms with E-state index in [2.05, 4.69) is 22.2 Å². The lowest BCUT2D eigenvalue weighted by molar-refractivity contribution is -0.107. The van der Waals surface area contributed by atoms with Gasteiger partial charge in [0.25, 0.3) is 5.91 Å². The van der Waals surface area contributed by atoms with Crippen molar-refractivity contribution in [3.63, 3.8) is 0 Å². The third kappa shape index (κ3) is 4.82. The first-order chi connectivity index (χ1) is 14.2. The van der Waals surface area contributed by atoms with Gasteiger partial charge in [0.15, 0.2) is 0 Å². The molecule has 3 rings (SSSR count). The summed E-state index contributed by atoms with van der Waals surface area (Å²) in [5.41, 5.74) is 2.13. The van der Waals surface area contributed by atoms with Crippen LogP contribution in [0.5, 0.6) is 0 Å². The topological polar surface area (TPSA) is 84.5 Å². The number of imidazole rings is 2. The van der Waals surface area contributed by atoms with Crippen LogP contribution >= 0.6 is 0 Å². The summed E-state index contributed by atoms with van der Waals surface area (Å²) in [4.78, 5) is 34.6. The second-order valence-electron chi connectivity index (χ2n) is 6.94. The largest absolute Gasteiger partial charge is 0.352 e. The number of hydrogen-bond donors (Lipinski definition) is 1. The van der Waals surface area contributed by atoms with Gasteiger partial charge < -0.3 is 9.88 Å². The summed E-state index contributed by atoms with van der Waals surface area (Å²) in [7, 11) is 0. The number of aryl methyl sites for hydroxylation is 2. The SMILES string of the molecule is CCCCN(C=O)c1c(CC)nc2ccc(C(=O)NCCCn3ccnc3)cn12. The predicted molar refractivity (Wildman–Crippen MR) is 112 cm³/mol. The van der Waals surface area contributed by atoms with Crippen molar-refractivity contribution in [2.75, 3.05) is 18.0 Å². The summed E-state index contributed by atoms with van der Waals surface area (Å²) in [6.07, 6.45) is 11.5. The van der Waals surface area contributed by atoms with Crippen LogP contribution in [0.2, 0.25) is 0 Å². The Morgan fingerprint density at radius 3 is 2.83 bits per heavy atom. The highest BCUT2D eigenvalue weighted by atomic mass is 16.1. The highest BCUT2D eigenvalue weighted by molar-refractivity contribution is 5.94. The van der Waals surface area contributed by atoms with Gasteiger partial charge in [-0.3, -0.25) is 18.9 Å². The quantitative estimate of drug-likeness (QED) is 0.399. The summed E-state index contributed by atoms with van der Waals surface area (Å²) in [6, 6.07) is 3.60. The van der Waals surface area contributed by atoms with E-state index in [0.29, 0.717) is 25.1 Å². The van der Waals surface area contributed by atoms with Crippen LogP contribution in [-0.2, 0) is 17.8 Å². The lowest BCUT2D eigenvalue weighted by Crippen LogP contribution is -2.26. The number of fused-ring (bicyclic) bond motifs is 1. The minimum Gasteiger partial charge on any atom is -0.352 e. The number of nitrogens with zero attached hydrogens (tertiary/aromatic N) is 5. The molecule has 3 heterocycles. The Balaban J connectivity index is 1.75. The number of carbonyl (C=O) groups excluding carboxylic acids is 2. The Morgan fingerprint density at radius 1 is 1.28 bits per heavy atom. The van der Waals surface area contributed by atoms with Gasteiger partial charge in [0.2, 0.25) is 6.41 Å². The lowest BCUT2D eigenvalue weighted by Gasteiger charge is -2.18. The molecule has 0 spiro atoms. The highest BCUT2D eigenvalue weighted by Gasteiger charge is 2.18. The number of anilines is 1. The van der Waals surface area contributed by atoms with Gasteiger partial charge in [0.1, 0.15) is 11.5 Å². The first-order valence-corrected chi connectivity index (χ1v) is 10.1. The fourth-order valence-electron chi connectivity index (χ4n) is 3.28. The summed E-state index contributed by atoms with van der Waals surface area (Å²) in [6.45, 7) is 6.11. The molecule has 0 aliphatic carbocycles. The van der Waals surface area contributed by atoms with Gasteiger partial charge in [-0.15, -0.1) is 0 Å². The van der Waals surface area contributed by atoms with Gasteiger partial charge in [-0.05, 0) is 31.4 Å². The van der Waals surface area contributed by atoms with Crippen LogP contribution in [0.25, 0.3) is 5.65 Å². The van der Waals surface area contributed by atoms with E-state index in [1.807, 2.05) is 28.2 Å². The molecule has 8 heteroatoms. The standard InChI is InChI=1S/C21H28N6O2/c1-3-5-12-26(16-28)21-18(4-2)24-19-8-7-17(14-27(19)21)20(29)23-9-6-11-25-13-10-22-15-25/h7-8,10,13-16H,3-6,9,11-12H2,1-2H3,(H,23,29). The molecule has 154 valence electrons. The van der Waals surface area contributed by atoms with Crippen molar-refractivity contribution in [1.82, 2.24) is 24.3 Å². The maximum absolute atomic E-state index is 12.6. The van der Waals surface area contributed by atoms with Gasteiger partial charge in [-0.2, -0.15) is 0 Å². The number of unbranched alkanes of at least 4 members (excludes halogenated alkanes) is 1. The first kappa shape index (κ1) is 20.6. The molecule has 0 saturated carbocycles. The molecule has 0 aliphatic heterocycles. The van der Waals surface area contributed by atoms with Crippen LogP contribution in [0.3, 0.4) is 0 Å². The van der Waals surface area contributed by atoms with E-state index in [1.165, 1.54) is 0 Å². The zero-order valence-corrected chi connectivity index (χ0v) is 17.0. The Kier molecular flexibility index (Phi) is 6.99. The Hall–Kier alpha value is -3.16. The van der Waals surface area contributed by atoms with Crippen molar-refractivity contribution in [3.8, 4) is 0 Å². The summed E-state index contributed by atoms with van der Waals surface area (Å²) < 4.78 is 3.83. The molecule has 0 bridgehead atoms. The number of aromatic nitrogens is 4. The number of amides is 2. The lowest BCUT2D eigenvalue weighted by atomic mass is 10.2.